The normalized spacial score (nSPS) is 21.5. The van der Waals surface area contributed by atoms with Gasteiger partial charge >= 0.3 is 0 Å². The van der Waals surface area contributed by atoms with Gasteiger partial charge in [-0.05, 0) is 44.8 Å². The Balaban J connectivity index is 2.11. The lowest BCUT2D eigenvalue weighted by molar-refractivity contribution is 0.158. The molecule has 0 N–H and O–H groups in total. The van der Waals surface area contributed by atoms with Crippen molar-refractivity contribution in [1.29, 1.82) is 0 Å². The van der Waals surface area contributed by atoms with E-state index < -0.39 is 0 Å². The Morgan fingerprint density at radius 3 is 2.58 bits per heavy atom. The first-order valence-electron chi connectivity index (χ1n) is 4.82. The molecule has 1 saturated heterocycles. The van der Waals surface area contributed by atoms with Crippen LogP contribution in [-0.2, 0) is 3.07 Å². The quantitative estimate of drug-likeness (QED) is 0.735. The highest BCUT2D eigenvalue weighted by Crippen LogP contribution is 2.18. The molecular weight excluding hydrogens is 265 g/mol. The highest BCUT2D eigenvalue weighted by Gasteiger charge is 2.17. The topological polar surface area (TPSA) is 12.5 Å². The third kappa shape index (κ3) is 3.58. The van der Waals surface area contributed by atoms with Crippen molar-refractivity contribution >= 4 is 23.0 Å². The number of halogens is 1. The molecular formula is C9H18INO. The van der Waals surface area contributed by atoms with Crippen molar-refractivity contribution in [3.05, 3.63) is 0 Å². The van der Waals surface area contributed by atoms with Gasteiger partial charge in [-0.25, -0.2) is 0 Å². The van der Waals surface area contributed by atoms with Gasteiger partial charge in [-0.3, -0.25) is 0 Å². The Bertz CT molecular complexity index is 99.1. The third-order valence-electron chi connectivity index (χ3n) is 2.55. The van der Waals surface area contributed by atoms with Crippen LogP contribution in [0.4, 0.5) is 0 Å². The van der Waals surface area contributed by atoms with E-state index in [1.807, 2.05) is 23.0 Å². The van der Waals surface area contributed by atoms with Crippen LogP contribution >= 0.6 is 23.0 Å². The standard InChI is InChI=1S/C9H18INO/c1-2-5-11-6-3-9(4-7-11)8-12-10/h9H,2-8H2,1H3. The summed E-state index contributed by atoms with van der Waals surface area (Å²) in [6.07, 6.45) is 3.93. The number of hydrogen-bond acceptors (Lipinski definition) is 2. The summed E-state index contributed by atoms with van der Waals surface area (Å²) in [6.45, 7) is 7.02. The molecule has 72 valence electrons. The number of likely N-dealkylation sites (tertiary alicyclic amines) is 1. The molecule has 0 saturated carbocycles. The number of piperidine rings is 1. The molecule has 3 heteroatoms. The Morgan fingerprint density at radius 2 is 2.08 bits per heavy atom. The van der Waals surface area contributed by atoms with Crippen LogP contribution < -0.4 is 0 Å². The van der Waals surface area contributed by atoms with Crippen molar-refractivity contribution in [2.45, 2.75) is 26.2 Å². The minimum absolute atomic E-state index is 0.815. The van der Waals surface area contributed by atoms with Crippen LogP contribution in [0.2, 0.25) is 0 Å². The summed E-state index contributed by atoms with van der Waals surface area (Å²) < 4.78 is 5.13. The molecule has 0 spiro atoms. The Kier molecular flexibility index (Phi) is 5.50. The molecule has 0 radical (unpaired) electrons. The largest absolute Gasteiger partial charge is 0.316 e. The Morgan fingerprint density at radius 1 is 1.42 bits per heavy atom. The van der Waals surface area contributed by atoms with Crippen LogP contribution in [0.3, 0.4) is 0 Å². The molecule has 0 atom stereocenters. The second kappa shape index (κ2) is 6.16. The molecule has 1 rings (SSSR count). The van der Waals surface area contributed by atoms with Gasteiger partial charge in [0.1, 0.15) is 23.0 Å². The first kappa shape index (κ1) is 10.7. The van der Waals surface area contributed by atoms with Crippen LogP contribution in [0.25, 0.3) is 0 Å². The molecule has 1 fully saturated rings. The van der Waals surface area contributed by atoms with Crippen molar-refractivity contribution < 1.29 is 3.07 Å². The zero-order valence-corrected chi connectivity index (χ0v) is 9.92. The average Bonchev–Trinajstić information content (AvgIpc) is 2.09. The SMILES string of the molecule is CCCN1CCC(COI)CC1. The van der Waals surface area contributed by atoms with Crippen molar-refractivity contribution in [3.63, 3.8) is 0 Å². The highest BCUT2D eigenvalue weighted by atomic mass is 127. The van der Waals surface area contributed by atoms with Crippen LogP contribution in [0.15, 0.2) is 0 Å². The van der Waals surface area contributed by atoms with Gasteiger partial charge in [0.15, 0.2) is 0 Å². The molecule has 0 aliphatic carbocycles. The first-order chi connectivity index (χ1) is 5.86. The minimum Gasteiger partial charge on any atom is -0.316 e. The van der Waals surface area contributed by atoms with Gasteiger partial charge in [0.25, 0.3) is 0 Å². The molecule has 12 heavy (non-hydrogen) atoms. The van der Waals surface area contributed by atoms with Crippen molar-refractivity contribution in [2.24, 2.45) is 5.92 Å². The van der Waals surface area contributed by atoms with Crippen molar-refractivity contribution in [3.8, 4) is 0 Å². The predicted octanol–water partition coefficient (Wildman–Crippen LogP) is 2.48. The van der Waals surface area contributed by atoms with Crippen molar-refractivity contribution in [1.82, 2.24) is 4.90 Å². The van der Waals surface area contributed by atoms with E-state index in [9.17, 15) is 0 Å². The zero-order valence-electron chi connectivity index (χ0n) is 7.76. The van der Waals surface area contributed by atoms with Gasteiger partial charge in [0.2, 0.25) is 0 Å². The van der Waals surface area contributed by atoms with E-state index in [1.54, 1.807) is 0 Å². The van der Waals surface area contributed by atoms with E-state index in [2.05, 4.69) is 11.8 Å². The summed E-state index contributed by atoms with van der Waals surface area (Å²) >= 11 is 2.00. The molecule has 0 aromatic rings. The minimum atomic E-state index is 0.815. The lowest BCUT2D eigenvalue weighted by Crippen LogP contribution is -2.35. The monoisotopic (exact) mass is 283 g/mol. The molecule has 0 unspecified atom stereocenters. The number of hydrogen-bond donors (Lipinski definition) is 0. The van der Waals surface area contributed by atoms with E-state index in [-0.39, 0.29) is 0 Å². The van der Waals surface area contributed by atoms with E-state index in [1.165, 1.54) is 38.9 Å². The second-order valence-electron chi connectivity index (χ2n) is 3.56. The van der Waals surface area contributed by atoms with Gasteiger partial charge in [0, 0.05) is 0 Å². The van der Waals surface area contributed by atoms with E-state index in [0.29, 0.717) is 0 Å². The smallest absolute Gasteiger partial charge is 0.109 e. The lowest BCUT2D eigenvalue weighted by Gasteiger charge is -2.30. The summed E-state index contributed by atoms with van der Waals surface area (Å²) in [5.41, 5.74) is 0. The fourth-order valence-electron chi connectivity index (χ4n) is 1.78. The van der Waals surface area contributed by atoms with Gasteiger partial charge in [-0.1, -0.05) is 6.92 Å². The fraction of sp³-hybridized carbons (Fsp3) is 1.00. The molecule has 0 aromatic carbocycles. The summed E-state index contributed by atoms with van der Waals surface area (Å²) in [7, 11) is 0. The van der Waals surface area contributed by atoms with E-state index >= 15 is 0 Å². The molecule has 1 aliphatic heterocycles. The molecule has 1 aliphatic rings. The molecule has 0 aromatic heterocycles. The average molecular weight is 283 g/mol. The van der Waals surface area contributed by atoms with Crippen LogP contribution in [-0.4, -0.2) is 31.1 Å². The van der Waals surface area contributed by atoms with E-state index in [4.69, 9.17) is 3.07 Å². The maximum absolute atomic E-state index is 5.13. The van der Waals surface area contributed by atoms with Crippen LogP contribution in [0.5, 0.6) is 0 Å². The Hall–Kier alpha value is 0.650. The Labute approximate surface area is 89.3 Å². The van der Waals surface area contributed by atoms with Crippen molar-refractivity contribution in [2.75, 3.05) is 26.2 Å². The van der Waals surface area contributed by atoms with Gasteiger partial charge in [0.05, 0.1) is 6.61 Å². The highest BCUT2D eigenvalue weighted by molar-refractivity contribution is 14.1. The molecule has 0 bridgehead atoms. The third-order valence-corrected chi connectivity index (χ3v) is 2.91. The molecule has 2 nitrogen and oxygen atoms in total. The van der Waals surface area contributed by atoms with Crippen LogP contribution in [0.1, 0.15) is 26.2 Å². The summed E-state index contributed by atoms with van der Waals surface area (Å²) in [5.74, 6) is 0.815. The maximum atomic E-state index is 5.13. The number of nitrogens with zero attached hydrogens (tertiary/aromatic N) is 1. The summed E-state index contributed by atoms with van der Waals surface area (Å²) in [5, 5.41) is 0. The van der Waals surface area contributed by atoms with Gasteiger partial charge in [-0.15, -0.1) is 0 Å². The second-order valence-corrected chi connectivity index (χ2v) is 4.18. The maximum Gasteiger partial charge on any atom is 0.109 e. The zero-order chi connectivity index (χ0) is 8.81. The summed E-state index contributed by atoms with van der Waals surface area (Å²) in [4.78, 5) is 2.56. The lowest BCUT2D eigenvalue weighted by atomic mass is 9.98. The van der Waals surface area contributed by atoms with Crippen LogP contribution in [0, 0.1) is 5.92 Å². The van der Waals surface area contributed by atoms with E-state index in [0.717, 1.165) is 12.5 Å². The van der Waals surface area contributed by atoms with Gasteiger partial charge in [-0.2, -0.15) is 0 Å². The first-order valence-corrected chi connectivity index (χ1v) is 5.70. The number of rotatable bonds is 4. The molecule has 0 amide bonds. The molecule has 1 heterocycles. The predicted molar refractivity (Wildman–Crippen MR) is 59.4 cm³/mol. The summed E-state index contributed by atoms with van der Waals surface area (Å²) in [6, 6.07) is 0. The fourth-order valence-corrected chi connectivity index (χ4v) is 2.29. The van der Waals surface area contributed by atoms with Gasteiger partial charge < -0.3 is 7.97 Å².